The van der Waals surface area contributed by atoms with Crippen molar-refractivity contribution in [3.05, 3.63) is 58.1 Å². The summed E-state index contributed by atoms with van der Waals surface area (Å²) in [5, 5.41) is 3.58. The zero-order valence-electron chi connectivity index (χ0n) is 17.3. The molecule has 4 rings (SSSR count). The summed E-state index contributed by atoms with van der Waals surface area (Å²) in [6.45, 7) is 1.18. The van der Waals surface area contributed by atoms with Gasteiger partial charge in [0.15, 0.2) is 11.5 Å². The van der Waals surface area contributed by atoms with Gasteiger partial charge in [0.25, 0.3) is 0 Å². The van der Waals surface area contributed by atoms with Crippen LogP contribution in [0.2, 0.25) is 10.0 Å². The number of rotatable bonds is 6. The average Bonchev–Trinajstić information content (AvgIpc) is 2.79. The number of fused-ring (bicyclic) bond motifs is 1. The van der Waals surface area contributed by atoms with Crippen molar-refractivity contribution in [1.29, 1.82) is 0 Å². The molecule has 2 atom stereocenters. The first-order chi connectivity index (χ1) is 15.3. The number of piperidine rings is 1. The van der Waals surface area contributed by atoms with Gasteiger partial charge >= 0.3 is 0 Å². The van der Waals surface area contributed by atoms with Crippen LogP contribution in [0, 0.1) is 5.92 Å². The predicted octanol–water partition coefficient (Wildman–Crippen LogP) is 3.49. The zero-order chi connectivity index (χ0) is 22.7. The van der Waals surface area contributed by atoms with Crippen molar-refractivity contribution >= 4 is 39.1 Å². The summed E-state index contributed by atoms with van der Waals surface area (Å²) in [5.74, 6) is 0.552. The topological polar surface area (TPSA) is 84.9 Å². The van der Waals surface area contributed by atoms with E-state index in [1.54, 1.807) is 18.2 Å². The molecule has 2 aromatic carbocycles. The molecule has 0 radical (unpaired) electrons. The molecule has 2 aliphatic rings. The van der Waals surface area contributed by atoms with E-state index in [0.717, 1.165) is 0 Å². The van der Waals surface area contributed by atoms with E-state index in [1.165, 1.54) is 4.31 Å². The molecule has 0 aliphatic carbocycles. The number of benzene rings is 2. The molecule has 1 amide bonds. The molecular formula is C22H24Cl2N2O5S. The van der Waals surface area contributed by atoms with Crippen LogP contribution in [0.3, 0.4) is 0 Å². The van der Waals surface area contributed by atoms with Gasteiger partial charge in [-0.3, -0.25) is 4.79 Å². The van der Waals surface area contributed by atoms with Gasteiger partial charge in [0.2, 0.25) is 15.9 Å². The Kier molecular flexibility index (Phi) is 7.14. The number of sulfonamides is 1. The number of nitrogens with one attached hydrogen (secondary N) is 1. The molecule has 2 aliphatic heterocycles. The molecule has 172 valence electrons. The van der Waals surface area contributed by atoms with Crippen LogP contribution in [0.5, 0.6) is 11.5 Å². The molecule has 0 saturated carbocycles. The normalized spacial score (nSPS) is 21.2. The van der Waals surface area contributed by atoms with E-state index in [2.05, 4.69) is 5.32 Å². The number of amides is 1. The molecule has 1 fully saturated rings. The Hall–Kier alpha value is -2.00. The molecule has 2 aromatic rings. The van der Waals surface area contributed by atoms with Crippen molar-refractivity contribution in [2.45, 2.75) is 24.7 Å². The molecule has 10 heteroatoms. The van der Waals surface area contributed by atoms with E-state index < -0.39 is 15.9 Å². The van der Waals surface area contributed by atoms with Crippen molar-refractivity contribution < 1.29 is 22.7 Å². The molecule has 2 unspecified atom stereocenters. The summed E-state index contributed by atoms with van der Waals surface area (Å²) in [6.07, 6.45) is 0.955. The number of para-hydroxylation sites is 2. The van der Waals surface area contributed by atoms with E-state index in [0.29, 0.717) is 59.6 Å². The number of nitrogens with zero attached hydrogens (tertiary/aromatic N) is 1. The van der Waals surface area contributed by atoms with Crippen LogP contribution in [0.15, 0.2) is 42.5 Å². The van der Waals surface area contributed by atoms with E-state index in [1.807, 2.05) is 24.3 Å². The van der Waals surface area contributed by atoms with Gasteiger partial charge in [-0.1, -0.05) is 41.4 Å². The van der Waals surface area contributed by atoms with Crippen LogP contribution >= 0.6 is 23.2 Å². The molecule has 1 saturated heterocycles. The summed E-state index contributed by atoms with van der Waals surface area (Å²) in [7, 11) is -3.59. The Morgan fingerprint density at radius 1 is 1.12 bits per heavy atom. The number of carbonyl (C=O) groups excluding carboxylic acids is 1. The number of hydrogen-bond donors (Lipinski definition) is 1. The monoisotopic (exact) mass is 498 g/mol. The van der Waals surface area contributed by atoms with Gasteiger partial charge in [-0.15, -0.1) is 0 Å². The summed E-state index contributed by atoms with van der Waals surface area (Å²) < 4.78 is 38.8. The Bertz CT molecular complexity index is 1100. The third kappa shape index (κ3) is 5.49. The van der Waals surface area contributed by atoms with Gasteiger partial charge < -0.3 is 14.8 Å². The van der Waals surface area contributed by atoms with E-state index in [4.69, 9.17) is 32.7 Å². The maximum Gasteiger partial charge on any atom is 0.224 e. The highest BCUT2D eigenvalue weighted by atomic mass is 35.5. The lowest BCUT2D eigenvalue weighted by Gasteiger charge is -2.32. The van der Waals surface area contributed by atoms with Crippen LogP contribution in [0.4, 0.5) is 0 Å². The fourth-order valence-electron chi connectivity index (χ4n) is 3.86. The molecule has 32 heavy (non-hydrogen) atoms. The predicted molar refractivity (Wildman–Crippen MR) is 123 cm³/mol. The number of carbonyl (C=O) groups is 1. The molecule has 7 nitrogen and oxygen atoms in total. The lowest BCUT2D eigenvalue weighted by atomic mass is 9.99. The molecule has 2 heterocycles. The van der Waals surface area contributed by atoms with Crippen LogP contribution in [-0.2, 0) is 20.6 Å². The van der Waals surface area contributed by atoms with Gasteiger partial charge in [-0.25, -0.2) is 12.7 Å². The maximum atomic E-state index is 12.9. The lowest BCUT2D eigenvalue weighted by molar-refractivity contribution is -0.126. The second-order valence-electron chi connectivity index (χ2n) is 7.94. The molecule has 1 N–H and O–H groups in total. The summed E-state index contributed by atoms with van der Waals surface area (Å²) in [4.78, 5) is 12.7. The van der Waals surface area contributed by atoms with Gasteiger partial charge in [0.1, 0.15) is 12.7 Å². The first kappa shape index (κ1) is 23.2. The van der Waals surface area contributed by atoms with Gasteiger partial charge in [0, 0.05) is 13.1 Å². The second kappa shape index (κ2) is 9.87. The van der Waals surface area contributed by atoms with Gasteiger partial charge in [-0.05, 0) is 42.7 Å². The van der Waals surface area contributed by atoms with Gasteiger partial charge in [-0.2, -0.15) is 0 Å². The highest BCUT2D eigenvalue weighted by Gasteiger charge is 2.33. The van der Waals surface area contributed by atoms with E-state index in [-0.39, 0.29) is 24.3 Å². The minimum absolute atomic E-state index is 0.153. The number of ether oxygens (including phenoxy) is 2. The molecular weight excluding hydrogens is 475 g/mol. The maximum absolute atomic E-state index is 12.9. The van der Waals surface area contributed by atoms with Crippen molar-refractivity contribution in [3.63, 3.8) is 0 Å². The second-order valence-corrected chi connectivity index (χ2v) is 10.7. The Labute approximate surface area is 197 Å². The number of halogens is 2. The average molecular weight is 499 g/mol. The minimum atomic E-state index is -3.59. The SMILES string of the molecule is O=C(NCC1COc2ccccc2O1)C1CCCN(S(=O)(=O)Cc2ccc(Cl)c(Cl)c2)C1. The highest BCUT2D eigenvalue weighted by Crippen LogP contribution is 2.31. The third-order valence-electron chi connectivity index (χ3n) is 5.55. The zero-order valence-corrected chi connectivity index (χ0v) is 19.6. The van der Waals surface area contributed by atoms with Crippen molar-refractivity contribution in [3.8, 4) is 11.5 Å². The first-order valence-corrected chi connectivity index (χ1v) is 12.8. The van der Waals surface area contributed by atoms with Crippen LogP contribution in [0.25, 0.3) is 0 Å². The largest absolute Gasteiger partial charge is 0.486 e. The van der Waals surface area contributed by atoms with E-state index >= 15 is 0 Å². The fourth-order valence-corrected chi connectivity index (χ4v) is 5.78. The fraction of sp³-hybridized carbons (Fsp3) is 0.409. The van der Waals surface area contributed by atoms with Gasteiger partial charge in [0.05, 0.1) is 28.3 Å². The van der Waals surface area contributed by atoms with Crippen molar-refractivity contribution in [2.75, 3.05) is 26.2 Å². The Balaban J connectivity index is 1.32. The van der Waals surface area contributed by atoms with Crippen LogP contribution in [-0.4, -0.2) is 51.0 Å². The van der Waals surface area contributed by atoms with Crippen molar-refractivity contribution in [2.24, 2.45) is 5.92 Å². The smallest absolute Gasteiger partial charge is 0.224 e. The van der Waals surface area contributed by atoms with Crippen molar-refractivity contribution in [1.82, 2.24) is 9.62 Å². The lowest BCUT2D eigenvalue weighted by Crippen LogP contribution is -2.48. The number of hydrogen-bond acceptors (Lipinski definition) is 5. The molecule has 0 aromatic heterocycles. The molecule has 0 bridgehead atoms. The summed E-state index contributed by atoms with van der Waals surface area (Å²) in [6, 6.07) is 12.2. The summed E-state index contributed by atoms with van der Waals surface area (Å²) >= 11 is 11.9. The minimum Gasteiger partial charge on any atom is -0.486 e. The quantitative estimate of drug-likeness (QED) is 0.658. The molecule has 0 spiro atoms. The third-order valence-corrected chi connectivity index (χ3v) is 8.11. The Morgan fingerprint density at radius 2 is 1.91 bits per heavy atom. The standard InChI is InChI=1S/C22H24Cl2N2O5S/c23-18-8-7-15(10-19(18)24)14-32(28,29)26-9-3-4-16(12-26)22(27)25-11-17-13-30-20-5-1-2-6-21(20)31-17/h1-2,5-8,10,16-17H,3-4,9,11-14H2,(H,25,27). The first-order valence-electron chi connectivity index (χ1n) is 10.4. The van der Waals surface area contributed by atoms with Crippen LogP contribution in [0.1, 0.15) is 18.4 Å². The highest BCUT2D eigenvalue weighted by molar-refractivity contribution is 7.88. The Morgan fingerprint density at radius 3 is 2.69 bits per heavy atom. The summed E-state index contributed by atoms with van der Waals surface area (Å²) in [5.41, 5.74) is 0.556. The van der Waals surface area contributed by atoms with E-state index in [9.17, 15) is 13.2 Å². The van der Waals surface area contributed by atoms with Crippen LogP contribution < -0.4 is 14.8 Å².